The first-order valence-electron chi connectivity index (χ1n) is 7.19. The SMILES string of the molecule is CCCOc1ccc(OCC(=O)Nc2ccc(F)cc2Cl)cc1. The van der Waals surface area contributed by atoms with Crippen LogP contribution >= 0.6 is 11.6 Å². The lowest BCUT2D eigenvalue weighted by atomic mass is 10.3. The summed E-state index contributed by atoms with van der Waals surface area (Å²) < 4.78 is 23.8. The molecule has 0 fully saturated rings. The van der Waals surface area contributed by atoms with Crippen molar-refractivity contribution in [2.45, 2.75) is 13.3 Å². The van der Waals surface area contributed by atoms with Gasteiger partial charge in [0.15, 0.2) is 6.61 Å². The number of rotatable bonds is 7. The number of hydrogen-bond acceptors (Lipinski definition) is 3. The van der Waals surface area contributed by atoms with E-state index in [4.69, 9.17) is 21.1 Å². The van der Waals surface area contributed by atoms with E-state index in [1.54, 1.807) is 24.3 Å². The summed E-state index contributed by atoms with van der Waals surface area (Å²) in [5, 5.41) is 2.69. The summed E-state index contributed by atoms with van der Waals surface area (Å²) in [5.74, 6) is 0.454. The van der Waals surface area contributed by atoms with Crippen molar-refractivity contribution in [2.75, 3.05) is 18.5 Å². The molecule has 0 spiro atoms. The van der Waals surface area contributed by atoms with Crippen LogP contribution < -0.4 is 14.8 Å². The second kappa shape index (κ2) is 8.39. The van der Waals surface area contributed by atoms with E-state index in [-0.39, 0.29) is 17.5 Å². The van der Waals surface area contributed by atoms with Crippen LogP contribution in [0.25, 0.3) is 0 Å². The largest absolute Gasteiger partial charge is 0.494 e. The summed E-state index contributed by atoms with van der Waals surface area (Å²) in [6, 6.07) is 10.8. The Hall–Kier alpha value is -2.27. The van der Waals surface area contributed by atoms with Crippen molar-refractivity contribution in [3.05, 3.63) is 53.3 Å². The van der Waals surface area contributed by atoms with E-state index in [0.29, 0.717) is 18.0 Å². The monoisotopic (exact) mass is 337 g/mol. The summed E-state index contributed by atoms with van der Waals surface area (Å²) in [6.45, 7) is 2.51. The summed E-state index contributed by atoms with van der Waals surface area (Å²) in [5.41, 5.74) is 0.338. The number of benzene rings is 2. The Balaban J connectivity index is 1.84. The highest BCUT2D eigenvalue weighted by Gasteiger charge is 2.08. The Morgan fingerprint density at radius 3 is 2.39 bits per heavy atom. The maximum Gasteiger partial charge on any atom is 0.262 e. The lowest BCUT2D eigenvalue weighted by Gasteiger charge is -2.09. The molecular weight excluding hydrogens is 321 g/mol. The Morgan fingerprint density at radius 2 is 1.78 bits per heavy atom. The highest BCUT2D eigenvalue weighted by Crippen LogP contribution is 2.22. The zero-order valence-corrected chi connectivity index (χ0v) is 13.4. The minimum absolute atomic E-state index is 0.135. The number of carbonyl (C=O) groups is 1. The van der Waals surface area contributed by atoms with Gasteiger partial charge in [0.1, 0.15) is 17.3 Å². The molecule has 2 aromatic carbocycles. The van der Waals surface area contributed by atoms with Crippen molar-refractivity contribution in [3.8, 4) is 11.5 Å². The first-order valence-corrected chi connectivity index (χ1v) is 7.57. The van der Waals surface area contributed by atoms with Gasteiger partial charge < -0.3 is 14.8 Å². The third-order valence-electron chi connectivity index (χ3n) is 2.87. The molecule has 6 heteroatoms. The number of ether oxygens (including phenoxy) is 2. The van der Waals surface area contributed by atoms with Gasteiger partial charge in [0.05, 0.1) is 17.3 Å². The maximum absolute atomic E-state index is 12.9. The van der Waals surface area contributed by atoms with Crippen LogP contribution in [0.5, 0.6) is 11.5 Å². The van der Waals surface area contributed by atoms with Gasteiger partial charge in [-0.3, -0.25) is 4.79 Å². The van der Waals surface area contributed by atoms with Gasteiger partial charge in [-0.05, 0) is 48.9 Å². The van der Waals surface area contributed by atoms with Gasteiger partial charge >= 0.3 is 0 Å². The fourth-order valence-electron chi connectivity index (χ4n) is 1.78. The molecule has 0 heterocycles. The normalized spacial score (nSPS) is 10.2. The lowest BCUT2D eigenvalue weighted by molar-refractivity contribution is -0.118. The zero-order valence-electron chi connectivity index (χ0n) is 12.6. The number of amides is 1. The van der Waals surface area contributed by atoms with Crippen LogP contribution in [0.3, 0.4) is 0 Å². The third-order valence-corrected chi connectivity index (χ3v) is 3.18. The molecule has 0 aliphatic carbocycles. The molecule has 0 saturated carbocycles. The second-order valence-electron chi connectivity index (χ2n) is 4.78. The van der Waals surface area contributed by atoms with Crippen molar-refractivity contribution in [1.29, 1.82) is 0 Å². The van der Waals surface area contributed by atoms with Crippen LogP contribution in [0.4, 0.5) is 10.1 Å². The van der Waals surface area contributed by atoms with Gasteiger partial charge in [0.2, 0.25) is 0 Å². The minimum Gasteiger partial charge on any atom is -0.494 e. The van der Waals surface area contributed by atoms with Crippen LogP contribution in [-0.2, 0) is 4.79 Å². The van der Waals surface area contributed by atoms with E-state index >= 15 is 0 Å². The summed E-state index contributed by atoms with van der Waals surface area (Å²) >= 11 is 5.84. The predicted octanol–water partition coefficient (Wildman–Crippen LogP) is 4.29. The molecule has 2 rings (SSSR count). The third kappa shape index (κ3) is 5.45. The van der Waals surface area contributed by atoms with Gasteiger partial charge in [-0.1, -0.05) is 18.5 Å². The van der Waals surface area contributed by atoms with E-state index < -0.39 is 5.82 Å². The van der Waals surface area contributed by atoms with E-state index in [9.17, 15) is 9.18 Å². The molecular formula is C17H17ClFNO3. The molecule has 0 aliphatic heterocycles. The molecule has 2 aromatic rings. The number of hydrogen-bond donors (Lipinski definition) is 1. The van der Waals surface area contributed by atoms with Crippen LogP contribution in [0, 0.1) is 5.82 Å². The summed E-state index contributed by atoms with van der Waals surface area (Å²) in [6.07, 6.45) is 0.935. The van der Waals surface area contributed by atoms with E-state index in [1.165, 1.54) is 12.1 Å². The van der Waals surface area contributed by atoms with Crippen LogP contribution in [0.1, 0.15) is 13.3 Å². The average molecular weight is 338 g/mol. The molecule has 0 aromatic heterocycles. The molecule has 23 heavy (non-hydrogen) atoms. The van der Waals surface area contributed by atoms with Gasteiger partial charge in [-0.2, -0.15) is 0 Å². The van der Waals surface area contributed by atoms with Crippen molar-refractivity contribution in [2.24, 2.45) is 0 Å². The maximum atomic E-state index is 12.9. The fourth-order valence-corrected chi connectivity index (χ4v) is 1.99. The van der Waals surface area contributed by atoms with Crippen LogP contribution in [0.2, 0.25) is 5.02 Å². The van der Waals surface area contributed by atoms with Crippen molar-refractivity contribution in [3.63, 3.8) is 0 Å². The quantitative estimate of drug-likeness (QED) is 0.820. The Morgan fingerprint density at radius 1 is 1.13 bits per heavy atom. The molecule has 0 aliphatic rings. The number of halogens is 2. The molecule has 0 atom stereocenters. The number of carbonyl (C=O) groups excluding carboxylic acids is 1. The molecule has 1 N–H and O–H groups in total. The Labute approximate surface area is 139 Å². The zero-order chi connectivity index (χ0) is 16.7. The van der Waals surface area contributed by atoms with E-state index in [1.807, 2.05) is 6.92 Å². The molecule has 1 amide bonds. The van der Waals surface area contributed by atoms with E-state index in [0.717, 1.165) is 18.2 Å². The minimum atomic E-state index is -0.463. The predicted molar refractivity (Wildman–Crippen MR) is 87.8 cm³/mol. The van der Waals surface area contributed by atoms with Crippen LogP contribution in [0.15, 0.2) is 42.5 Å². The fraction of sp³-hybridized carbons (Fsp3) is 0.235. The number of anilines is 1. The summed E-state index contributed by atoms with van der Waals surface area (Å²) in [7, 11) is 0. The smallest absolute Gasteiger partial charge is 0.262 e. The van der Waals surface area contributed by atoms with Crippen molar-refractivity contribution < 1.29 is 18.7 Å². The van der Waals surface area contributed by atoms with Gasteiger partial charge in [-0.15, -0.1) is 0 Å². The molecule has 0 bridgehead atoms. The van der Waals surface area contributed by atoms with Crippen molar-refractivity contribution >= 4 is 23.2 Å². The van der Waals surface area contributed by atoms with Gasteiger partial charge in [0, 0.05) is 0 Å². The standard InChI is InChI=1S/C17H17ClFNO3/c1-2-9-22-13-4-6-14(7-5-13)23-11-17(21)20-16-8-3-12(19)10-15(16)18/h3-8,10H,2,9,11H2,1H3,(H,20,21). The average Bonchev–Trinajstić information content (AvgIpc) is 2.54. The lowest BCUT2D eigenvalue weighted by Crippen LogP contribution is -2.20. The molecule has 0 saturated heterocycles. The summed E-state index contributed by atoms with van der Waals surface area (Å²) in [4.78, 5) is 11.8. The highest BCUT2D eigenvalue weighted by atomic mass is 35.5. The first kappa shape index (κ1) is 17.1. The highest BCUT2D eigenvalue weighted by molar-refractivity contribution is 6.33. The van der Waals surface area contributed by atoms with Crippen LogP contribution in [-0.4, -0.2) is 19.1 Å². The Kier molecular flexibility index (Phi) is 6.23. The van der Waals surface area contributed by atoms with Gasteiger partial charge in [0.25, 0.3) is 5.91 Å². The van der Waals surface area contributed by atoms with Crippen molar-refractivity contribution in [1.82, 2.24) is 0 Å². The first-order chi connectivity index (χ1) is 11.1. The molecule has 4 nitrogen and oxygen atoms in total. The number of nitrogens with one attached hydrogen (secondary N) is 1. The second-order valence-corrected chi connectivity index (χ2v) is 5.19. The Bertz CT molecular complexity index is 661. The van der Waals surface area contributed by atoms with Gasteiger partial charge in [-0.25, -0.2) is 4.39 Å². The topological polar surface area (TPSA) is 47.6 Å². The molecule has 0 unspecified atom stereocenters. The molecule has 122 valence electrons. The van der Waals surface area contributed by atoms with E-state index in [2.05, 4.69) is 5.32 Å². The molecule has 0 radical (unpaired) electrons.